The van der Waals surface area contributed by atoms with Crippen LogP contribution >= 0.6 is 11.8 Å². The molecule has 0 saturated carbocycles. The van der Waals surface area contributed by atoms with Crippen molar-refractivity contribution >= 4 is 22.5 Å². The Labute approximate surface area is 153 Å². The zero-order valence-corrected chi connectivity index (χ0v) is 15.4. The molecule has 0 aromatic heterocycles. The Morgan fingerprint density at radius 2 is 1.68 bits per heavy atom. The molecule has 1 atom stereocenters. The third kappa shape index (κ3) is 5.07. The van der Waals surface area contributed by atoms with Crippen molar-refractivity contribution in [3.05, 3.63) is 78.1 Å². The number of nitrogens with one attached hydrogen (secondary N) is 1. The predicted molar refractivity (Wildman–Crippen MR) is 107 cm³/mol. The SMILES string of the molecule is C[C@@H](NCCCCSc1ccc(F)cc1)c1cccc2ccccc12. The van der Waals surface area contributed by atoms with Gasteiger partial charge in [-0.05, 0) is 72.7 Å². The summed E-state index contributed by atoms with van der Waals surface area (Å²) in [6, 6.07) is 22.1. The largest absolute Gasteiger partial charge is 0.310 e. The fourth-order valence-corrected chi connectivity index (χ4v) is 3.92. The molecule has 0 spiro atoms. The van der Waals surface area contributed by atoms with E-state index in [0.29, 0.717) is 6.04 Å². The van der Waals surface area contributed by atoms with E-state index in [2.05, 4.69) is 54.7 Å². The number of halogens is 1. The number of benzene rings is 3. The molecular formula is C22H24FNS. The molecule has 0 heterocycles. The highest BCUT2D eigenvalue weighted by atomic mass is 32.2. The Balaban J connectivity index is 1.42. The maximum atomic E-state index is 12.9. The van der Waals surface area contributed by atoms with E-state index in [-0.39, 0.29) is 5.82 Å². The lowest BCUT2D eigenvalue weighted by Crippen LogP contribution is -2.20. The van der Waals surface area contributed by atoms with Gasteiger partial charge in [-0.3, -0.25) is 0 Å². The first-order valence-corrected chi connectivity index (χ1v) is 9.82. The van der Waals surface area contributed by atoms with E-state index < -0.39 is 0 Å². The maximum absolute atomic E-state index is 12.9. The first-order valence-electron chi connectivity index (χ1n) is 8.83. The van der Waals surface area contributed by atoms with Crippen LogP contribution in [0.25, 0.3) is 10.8 Å². The molecule has 3 rings (SSSR count). The van der Waals surface area contributed by atoms with Gasteiger partial charge in [0.1, 0.15) is 5.82 Å². The van der Waals surface area contributed by atoms with Gasteiger partial charge in [0.2, 0.25) is 0 Å². The fourth-order valence-electron chi connectivity index (χ4n) is 3.00. The topological polar surface area (TPSA) is 12.0 Å². The van der Waals surface area contributed by atoms with E-state index in [1.54, 1.807) is 11.8 Å². The molecule has 0 aliphatic heterocycles. The molecule has 130 valence electrons. The van der Waals surface area contributed by atoms with Crippen molar-refractivity contribution in [1.82, 2.24) is 5.32 Å². The first-order chi connectivity index (χ1) is 12.2. The Hall–Kier alpha value is -1.84. The standard InChI is InChI=1S/C22H24FNS/c1-17(21-10-6-8-18-7-2-3-9-22(18)21)24-15-4-5-16-25-20-13-11-19(23)12-14-20/h2-3,6-14,17,24H,4-5,15-16H2,1H3/t17-/m1/s1. The fraction of sp³-hybridized carbons (Fsp3) is 0.273. The molecule has 25 heavy (non-hydrogen) atoms. The highest BCUT2D eigenvalue weighted by Gasteiger charge is 2.08. The third-order valence-electron chi connectivity index (χ3n) is 4.39. The van der Waals surface area contributed by atoms with Crippen LogP contribution in [0.1, 0.15) is 31.4 Å². The van der Waals surface area contributed by atoms with Gasteiger partial charge >= 0.3 is 0 Å². The molecule has 1 nitrogen and oxygen atoms in total. The Kier molecular flexibility index (Phi) is 6.48. The predicted octanol–water partition coefficient (Wildman–Crippen LogP) is 6.20. The van der Waals surface area contributed by atoms with Gasteiger partial charge in [-0.15, -0.1) is 11.8 Å². The number of unbranched alkanes of at least 4 members (excludes halogenated alkanes) is 1. The molecule has 1 N–H and O–H groups in total. The lowest BCUT2D eigenvalue weighted by Gasteiger charge is -2.16. The van der Waals surface area contributed by atoms with Crippen molar-refractivity contribution in [3.8, 4) is 0 Å². The van der Waals surface area contributed by atoms with Crippen LogP contribution in [0.4, 0.5) is 4.39 Å². The van der Waals surface area contributed by atoms with Gasteiger partial charge in [-0.25, -0.2) is 4.39 Å². The monoisotopic (exact) mass is 353 g/mol. The quantitative estimate of drug-likeness (QED) is 0.382. The molecule has 0 saturated heterocycles. The molecule has 0 bridgehead atoms. The Morgan fingerprint density at radius 3 is 2.52 bits per heavy atom. The Bertz CT molecular complexity index is 795. The highest BCUT2D eigenvalue weighted by Crippen LogP contribution is 2.24. The number of hydrogen-bond acceptors (Lipinski definition) is 2. The van der Waals surface area contributed by atoms with E-state index in [1.807, 2.05) is 12.1 Å². The zero-order valence-electron chi connectivity index (χ0n) is 14.5. The summed E-state index contributed by atoms with van der Waals surface area (Å²) in [7, 11) is 0. The smallest absolute Gasteiger partial charge is 0.123 e. The minimum absolute atomic E-state index is 0.170. The van der Waals surface area contributed by atoms with Crippen molar-refractivity contribution in [3.63, 3.8) is 0 Å². The van der Waals surface area contributed by atoms with Gasteiger partial charge in [0.25, 0.3) is 0 Å². The lowest BCUT2D eigenvalue weighted by atomic mass is 9.99. The molecule has 3 aromatic carbocycles. The van der Waals surface area contributed by atoms with Gasteiger partial charge < -0.3 is 5.32 Å². The van der Waals surface area contributed by atoms with Crippen LogP contribution in [0, 0.1) is 5.82 Å². The molecule has 3 heteroatoms. The summed E-state index contributed by atoms with van der Waals surface area (Å²) in [6.07, 6.45) is 2.29. The van der Waals surface area contributed by atoms with Gasteiger partial charge in [0.05, 0.1) is 0 Å². The van der Waals surface area contributed by atoms with Crippen LogP contribution in [0.3, 0.4) is 0 Å². The van der Waals surface area contributed by atoms with Crippen LogP contribution in [-0.4, -0.2) is 12.3 Å². The van der Waals surface area contributed by atoms with Crippen molar-refractivity contribution in [1.29, 1.82) is 0 Å². The van der Waals surface area contributed by atoms with Crippen LogP contribution in [0.5, 0.6) is 0 Å². The average molecular weight is 354 g/mol. The molecule has 3 aromatic rings. The molecule has 0 aliphatic carbocycles. The van der Waals surface area contributed by atoms with Gasteiger partial charge in [-0.2, -0.15) is 0 Å². The zero-order chi connectivity index (χ0) is 17.5. The summed E-state index contributed by atoms with van der Waals surface area (Å²) in [5, 5.41) is 6.26. The van der Waals surface area contributed by atoms with Gasteiger partial charge in [0, 0.05) is 10.9 Å². The number of fused-ring (bicyclic) bond motifs is 1. The third-order valence-corrected chi connectivity index (χ3v) is 5.49. The van der Waals surface area contributed by atoms with Crippen molar-refractivity contribution in [2.24, 2.45) is 0 Å². The lowest BCUT2D eigenvalue weighted by molar-refractivity contribution is 0.558. The van der Waals surface area contributed by atoms with Crippen LogP contribution < -0.4 is 5.32 Å². The summed E-state index contributed by atoms with van der Waals surface area (Å²) in [6.45, 7) is 3.24. The van der Waals surface area contributed by atoms with Crippen LogP contribution in [-0.2, 0) is 0 Å². The molecule has 0 unspecified atom stereocenters. The van der Waals surface area contributed by atoms with Crippen LogP contribution in [0.2, 0.25) is 0 Å². The summed E-state index contributed by atoms with van der Waals surface area (Å²) in [5.74, 6) is 0.895. The Morgan fingerprint density at radius 1 is 0.920 bits per heavy atom. The number of rotatable bonds is 8. The van der Waals surface area contributed by atoms with E-state index >= 15 is 0 Å². The van der Waals surface area contributed by atoms with Crippen molar-refractivity contribution < 1.29 is 4.39 Å². The average Bonchev–Trinajstić information content (AvgIpc) is 2.65. The minimum Gasteiger partial charge on any atom is -0.310 e. The van der Waals surface area contributed by atoms with Crippen molar-refractivity contribution in [2.45, 2.75) is 30.7 Å². The molecule has 0 fully saturated rings. The summed E-state index contributed by atoms with van der Waals surface area (Å²) in [5.41, 5.74) is 1.36. The normalized spacial score (nSPS) is 12.4. The second kappa shape index (κ2) is 9.02. The number of hydrogen-bond donors (Lipinski definition) is 1. The molecule has 0 aliphatic rings. The van der Waals surface area contributed by atoms with E-state index in [9.17, 15) is 4.39 Å². The maximum Gasteiger partial charge on any atom is 0.123 e. The second-order valence-electron chi connectivity index (χ2n) is 6.25. The summed E-state index contributed by atoms with van der Waals surface area (Å²) < 4.78 is 12.9. The number of thioether (sulfide) groups is 1. The first kappa shape index (κ1) is 18.0. The van der Waals surface area contributed by atoms with E-state index in [4.69, 9.17) is 0 Å². The summed E-state index contributed by atoms with van der Waals surface area (Å²) >= 11 is 1.79. The minimum atomic E-state index is -0.170. The molecular weight excluding hydrogens is 329 g/mol. The summed E-state index contributed by atoms with van der Waals surface area (Å²) in [4.78, 5) is 1.14. The van der Waals surface area contributed by atoms with Gasteiger partial charge in [-0.1, -0.05) is 42.5 Å². The van der Waals surface area contributed by atoms with E-state index in [0.717, 1.165) is 30.0 Å². The molecule has 0 radical (unpaired) electrons. The molecule has 0 amide bonds. The second-order valence-corrected chi connectivity index (χ2v) is 7.42. The highest BCUT2D eigenvalue weighted by molar-refractivity contribution is 7.99. The van der Waals surface area contributed by atoms with Crippen molar-refractivity contribution in [2.75, 3.05) is 12.3 Å². The van der Waals surface area contributed by atoms with Crippen LogP contribution in [0.15, 0.2) is 71.6 Å². The van der Waals surface area contributed by atoms with Gasteiger partial charge in [0.15, 0.2) is 0 Å². The van der Waals surface area contributed by atoms with E-state index in [1.165, 1.54) is 28.5 Å².